The molecule has 4 aromatic carbocycles. The molecule has 6 aromatic rings. The van der Waals surface area contributed by atoms with Crippen molar-refractivity contribution in [3.63, 3.8) is 0 Å². The van der Waals surface area contributed by atoms with Crippen molar-refractivity contribution in [2.75, 3.05) is 22.9 Å². The van der Waals surface area contributed by atoms with Gasteiger partial charge >= 0.3 is 0 Å². The largest absolute Gasteiger partial charge is 0.366 e. The molecule has 0 aliphatic carbocycles. The van der Waals surface area contributed by atoms with E-state index in [1.54, 1.807) is 0 Å². The number of H-pyrrole nitrogens is 2. The molecule has 2 aliphatic rings. The van der Waals surface area contributed by atoms with Gasteiger partial charge < -0.3 is 19.8 Å². The first kappa shape index (κ1) is 38.5. The third-order valence-corrected chi connectivity index (χ3v) is 9.79. The van der Waals surface area contributed by atoms with Gasteiger partial charge in [-0.05, 0) is 96.8 Å². The number of nitrogens with zero attached hydrogens (tertiary/aromatic N) is 4. The van der Waals surface area contributed by atoms with Crippen molar-refractivity contribution in [1.82, 2.24) is 9.97 Å². The number of halogens is 4. The Balaban J connectivity index is 0.000000175. The molecule has 0 bridgehead atoms. The van der Waals surface area contributed by atoms with Gasteiger partial charge in [0.05, 0.1) is 45.8 Å². The summed E-state index contributed by atoms with van der Waals surface area (Å²) in [6, 6.07) is 27.1. The number of benzene rings is 4. The van der Waals surface area contributed by atoms with E-state index in [1.165, 1.54) is 42.8 Å². The Morgan fingerprint density at radius 2 is 0.945 bits per heavy atom. The fourth-order valence-corrected chi connectivity index (χ4v) is 7.10. The van der Waals surface area contributed by atoms with Crippen molar-refractivity contribution in [2.45, 2.75) is 60.0 Å². The molecule has 0 saturated carbocycles. The van der Waals surface area contributed by atoms with E-state index in [2.05, 4.69) is 45.8 Å². The number of anilines is 2. The lowest BCUT2D eigenvalue weighted by molar-refractivity contribution is 0.588. The number of nitriles is 2. The summed E-state index contributed by atoms with van der Waals surface area (Å²) in [6.45, 7) is 11.1. The molecule has 0 saturated heterocycles. The van der Waals surface area contributed by atoms with Crippen LogP contribution >= 0.6 is 0 Å². The molecular weight excluding hydrogens is 701 g/mol. The molecule has 0 spiro atoms. The molecule has 6 nitrogen and oxygen atoms in total. The zero-order valence-electron chi connectivity index (χ0n) is 31.3. The van der Waals surface area contributed by atoms with Crippen LogP contribution < -0.4 is 9.80 Å². The molecule has 2 aliphatic heterocycles. The summed E-state index contributed by atoms with van der Waals surface area (Å²) in [4.78, 5) is 10.8. The van der Waals surface area contributed by atoms with Crippen LogP contribution in [0, 0.1) is 59.8 Å². The number of nitrogens with one attached hydrogen (secondary N) is 2. The van der Waals surface area contributed by atoms with E-state index in [0.717, 1.165) is 70.9 Å². The zero-order chi connectivity index (χ0) is 39.2. The average Bonchev–Trinajstić information content (AvgIpc) is 3.79. The third kappa shape index (κ3) is 8.29. The number of aromatic nitrogens is 2. The minimum absolute atomic E-state index is 0.0175. The van der Waals surface area contributed by atoms with Crippen LogP contribution in [0.1, 0.15) is 65.0 Å². The highest BCUT2D eigenvalue weighted by molar-refractivity contribution is 5.66. The Labute approximate surface area is 319 Å². The second kappa shape index (κ2) is 16.8. The number of hydrogen-bond donors (Lipinski definition) is 2. The van der Waals surface area contributed by atoms with Crippen LogP contribution in [0.4, 0.5) is 28.9 Å². The average molecular weight is 743 g/mol. The first-order valence-electron chi connectivity index (χ1n) is 18.4. The minimum Gasteiger partial charge on any atom is -0.366 e. The Bertz CT molecular complexity index is 2210. The van der Waals surface area contributed by atoms with E-state index in [1.807, 2.05) is 62.4 Å². The molecule has 2 N–H and O–H groups in total. The fourth-order valence-electron chi connectivity index (χ4n) is 7.10. The first-order valence-corrected chi connectivity index (χ1v) is 18.4. The van der Waals surface area contributed by atoms with Gasteiger partial charge in [-0.2, -0.15) is 10.5 Å². The fraction of sp³-hybridized carbons (Fsp3) is 0.244. The maximum Gasteiger partial charge on any atom is 0.135 e. The molecule has 0 unspecified atom stereocenters. The van der Waals surface area contributed by atoms with Crippen LogP contribution in [0.2, 0.25) is 0 Å². The number of fused-ring (bicyclic) bond motifs is 2. The van der Waals surface area contributed by atoms with E-state index in [9.17, 15) is 17.6 Å². The van der Waals surface area contributed by atoms with Crippen LogP contribution in [-0.4, -0.2) is 23.1 Å². The summed E-state index contributed by atoms with van der Waals surface area (Å²) in [5, 5.41) is 18.3. The molecule has 0 amide bonds. The highest BCUT2D eigenvalue weighted by Crippen LogP contribution is 2.34. The predicted molar refractivity (Wildman–Crippen MR) is 210 cm³/mol. The summed E-state index contributed by atoms with van der Waals surface area (Å²) < 4.78 is 56.3. The lowest BCUT2D eigenvalue weighted by Crippen LogP contribution is -2.30. The smallest absolute Gasteiger partial charge is 0.135 e. The molecule has 4 heterocycles. The molecule has 10 heteroatoms. The Kier molecular flexibility index (Phi) is 11.8. The van der Waals surface area contributed by atoms with Crippen molar-refractivity contribution < 1.29 is 17.6 Å². The topological polar surface area (TPSA) is 85.6 Å². The van der Waals surface area contributed by atoms with Gasteiger partial charge in [0.25, 0.3) is 0 Å². The maximum absolute atomic E-state index is 14.1. The molecular formula is C45H42F4N6. The van der Waals surface area contributed by atoms with Gasteiger partial charge in [0.15, 0.2) is 0 Å². The molecule has 0 radical (unpaired) electrons. The van der Waals surface area contributed by atoms with Crippen molar-refractivity contribution >= 4 is 11.4 Å². The highest BCUT2D eigenvalue weighted by Gasteiger charge is 2.24. The summed E-state index contributed by atoms with van der Waals surface area (Å²) in [5.41, 5.74) is 10.5. The quantitative estimate of drug-likeness (QED) is 0.176. The van der Waals surface area contributed by atoms with Gasteiger partial charge in [0.1, 0.15) is 23.3 Å². The molecule has 55 heavy (non-hydrogen) atoms. The maximum atomic E-state index is 14.1. The molecule has 8 rings (SSSR count). The lowest BCUT2D eigenvalue weighted by Gasteiger charge is -2.30. The van der Waals surface area contributed by atoms with Crippen LogP contribution in [0.15, 0.2) is 84.9 Å². The van der Waals surface area contributed by atoms with Crippen LogP contribution in [-0.2, 0) is 25.9 Å². The number of aromatic amines is 2. The monoisotopic (exact) mass is 742 g/mol. The van der Waals surface area contributed by atoms with Crippen molar-refractivity contribution in [2.24, 2.45) is 0 Å². The van der Waals surface area contributed by atoms with Crippen LogP contribution in [0.25, 0.3) is 22.5 Å². The summed E-state index contributed by atoms with van der Waals surface area (Å²) >= 11 is 0. The van der Waals surface area contributed by atoms with Gasteiger partial charge in [-0.3, -0.25) is 0 Å². The van der Waals surface area contributed by atoms with Gasteiger partial charge in [0.2, 0.25) is 0 Å². The number of rotatable bonds is 4. The summed E-state index contributed by atoms with van der Waals surface area (Å²) in [7, 11) is 0. The number of hydrogen-bond acceptors (Lipinski definition) is 4. The third-order valence-electron chi connectivity index (χ3n) is 9.79. The van der Waals surface area contributed by atoms with E-state index in [0.29, 0.717) is 35.6 Å². The van der Waals surface area contributed by atoms with Gasteiger partial charge in [-0.25, -0.2) is 17.6 Å². The summed E-state index contributed by atoms with van der Waals surface area (Å²) in [6.07, 6.45) is 2.75. The van der Waals surface area contributed by atoms with Crippen molar-refractivity contribution in [3.8, 4) is 34.7 Å². The lowest BCUT2D eigenvalue weighted by atomic mass is 10.0. The second-order valence-electron chi connectivity index (χ2n) is 13.8. The van der Waals surface area contributed by atoms with Crippen LogP contribution in [0.5, 0.6) is 0 Å². The van der Waals surface area contributed by atoms with E-state index < -0.39 is 23.3 Å². The number of aryl methyl sites for hydroxylation is 2. The van der Waals surface area contributed by atoms with Gasteiger partial charge in [-0.15, -0.1) is 0 Å². The molecule has 0 fully saturated rings. The highest BCUT2D eigenvalue weighted by atomic mass is 19.1. The normalized spacial score (nSPS) is 13.0. The van der Waals surface area contributed by atoms with Gasteiger partial charge in [-0.1, -0.05) is 44.5 Å². The predicted octanol–water partition coefficient (Wildman–Crippen LogP) is 10.8. The molecule has 0 atom stereocenters. The van der Waals surface area contributed by atoms with Crippen molar-refractivity contribution in [1.29, 1.82) is 10.5 Å². The zero-order valence-corrected chi connectivity index (χ0v) is 31.3. The van der Waals surface area contributed by atoms with Crippen LogP contribution in [0.3, 0.4) is 0 Å². The van der Waals surface area contributed by atoms with E-state index in [4.69, 9.17) is 10.5 Å². The van der Waals surface area contributed by atoms with Crippen molar-refractivity contribution in [3.05, 3.63) is 153 Å². The first-order chi connectivity index (χ1) is 26.5. The Morgan fingerprint density at radius 1 is 0.582 bits per heavy atom. The second-order valence-corrected chi connectivity index (χ2v) is 13.8. The standard InChI is InChI=1S/2C21H17F2N3.C3H8/c2*1-13-5-6-14(11-24)9-20(13)26-8-7-18-15(12-26)10-19(25-18)21-16(22)3-2-4-17(21)23;1-3-2/h2*2-6,9-10,25H,7-8,12H2,1H3;3H2,1-2H3. The minimum atomic E-state index is -0.571. The SMILES string of the molecule is CCC.Cc1ccc(C#N)cc1N1CCc2[nH]c(-c3c(F)cccc3F)cc2C1.Cc1ccc(C#N)cc1N1CCc2[nH]c(-c3c(F)cccc3F)cc2C1. The van der Waals surface area contributed by atoms with E-state index in [-0.39, 0.29) is 11.1 Å². The van der Waals surface area contributed by atoms with E-state index >= 15 is 0 Å². The Hall–Kier alpha value is -6.26. The van der Waals surface area contributed by atoms with Gasteiger partial charge in [0, 0.05) is 61.8 Å². The Morgan fingerprint density at radius 3 is 1.29 bits per heavy atom. The molecule has 2 aromatic heterocycles. The summed E-state index contributed by atoms with van der Waals surface area (Å²) in [5.74, 6) is -2.29. The molecule has 280 valence electrons.